The van der Waals surface area contributed by atoms with E-state index in [-0.39, 0.29) is 6.04 Å². The van der Waals surface area contributed by atoms with E-state index in [1.54, 1.807) is 12.5 Å². The van der Waals surface area contributed by atoms with Crippen LogP contribution in [0.3, 0.4) is 0 Å². The Hall–Kier alpha value is -0.760. The van der Waals surface area contributed by atoms with E-state index in [0.717, 1.165) is 11.5 Å². The Bertz CT molecular complexity index is 201. The van der Waals surface area contributed by atoms with Crippen LogP contribution in [0.25, 0.3) is 0 Å². The minimum absolute atomic E-state index is 0.221. The largest absolute Gasteiger partial charge is 0.472 e. The van der Waals surface area contributed by atoms with Gasteiger partial charge in [-0.2, -0.15) is 0 Å². The van der Waals surface area contributed by atoms with E-state index in [9.17, 15) is 0 Å². The first-order valence-corrected chi connectivity index (χ1v) is 3.65. The summed E-state index contributed by atoms with van der Waals surface area (Å²) in [6, 6.07) is 2.17. The monoisotopic (exact) mass is 137 g/mol. The number of rotatable bonds is 2. The highest BCUT2D eigenvalue weighted by atomic mass is 16.3. The lowest BCUT2D eigenvalue weighted by Gasteiger charge is -2.04. The molecular formula is C8H11NO. The Morgan fingerprint density at radius 3 is 2.90 bits per heavy atom. The quantitative estimate of drug-likeness (QED) is 0.673. The van der Waals surface area contributed by atoms with E-state index < -0.39 is 0 Å². The first-order valence-electron chi connectivity index (χ1n) is 3.65. The van der Waals surface area contributed by atoms with Crippen LogP contribution >= 0.6 is 0 Å². The molecule has 0 aromatic carbocycles. The molecule has 2 rings (SSSR count). The Kier molecular flexibility index (Phi) is 1.27. The maximum atomic E-state index is 5.88. The first kappa shape index (κ1) is 5.98. The zero-order chi connectivity index (χ0) is 6.97. The topological polar surface area (TPSA) is 39.2 Å². The Morgan fingerprint density at radius 2 is 2.40 bits per heavy atom. The molecule has 0 saturated heterocycles. The van der Waals surface area contributed by atoms with Crippen LogP contribution in [0.5, 0.6) is 0 Å². The predicted molar refractivity (Wildman–Crippen MR) is 38.4 cm³/mol. The standard InChI is InChI=1S/C8H11NO/c9-8(6-1-2-6)7-3-4-10-5-7/h3-6,8H,1-2,9H2/t8-/m1/s1. The van der Waals surface area contributed by atoms with Crippen LogP contribution in [0, 0.1) is 5.92 Å². The van der Waals surface area contributed by atoms with Gasteiger partial charge in [-0.1, -0.05) is 0 Å². The van der Waals surface area contributed by atoms with Gasteiger partial charge in [-0.15, -0.1) is 0 Å². The normalized spacial score (nSPS) is 20.9. The van der Waals surface area contributed by atoms with Gasteiger partial charge in [0.15, 0.2) is 0 Å². The molecule has 10 heavy (non-hydrogen) atoms. The molecule has 1 saturated carbocycles. The summed E-state index contributed by atoms with van der Waals surface area (Å²) in [5, 5.41) is 0. The summed E-state index contributed by atoms with van der Waals surface area (Å²) in [4.78, 5) is 0. The fraction of sp³-hybridized carbons (Fsp3) is 0.500. The van der Waals surface area contributed by atoms with E-state index in [4.69, 9.17) is 10.2 Å². The molecule has 1 aliphatic carbocycles. The van der Waals surface area contributed by atoms with E-state index in [1.165, 1.54) is 12.8 Å². The molecule has 0 unspecified atom stereocenters. The van der Waals surface area contributed by atoms with E-state index in [1.807, 2.05) is 6.07 Å². The smallest absolute Gasteiger partial charge is 0.0950 e. The van der Waals surface area contributed by atoms with Crippen LogP contribution < -0.4 is 5.73 Å². The summed E-state index contributed by atoms with van der Waals surface area (Å²) in [6.07, 6.45) is 5.99. The third-order valence-electron chi connectivity index (χ3n) is 2.06. The summed E-state index contributed by atoms with van der Waals surface area (Å²) in [6.45, 7) is 0. The summed E-state index contributed by atoms with van der Waals surface area (Å²) < 4.78 is 4.93. The molecule has 0 amide bonds. The fourth-order valence-electron chi connectivity index (χ4n) is 1.19. The third-order valence-corrected chi connectivity index (χ3v) is 2.06. The maximum Gasteiger partial charge on any atom is 0.0950 e. The molecule has 0 bridgehead atoms. The van der Waals surface area contributed by atoms with Crippen LogP contribution in [0.2, 0.25) is 0 Å². The van der Waals surface area contributed by atoms with Gasteiger partial charge in [-0.25, -0.2) is 0 Å². The van der Waals surface area contributed by atoms with Crippen molar-refractivity contribution in [3.05, 3.63) is 24.2 Å². The number of hydrogen-bond donors (Lipinski definition) is 1. The van der Waals surface area contributed by atoms with Crippen molar-refractivity contribution in [3.63, 3.8) is 0 Å². The summed E-state index contributed by atoms with van der Waals surface area (Å²) in [5.74, 6) is 0.720. The Labute approximate surface area is 60.0 Å². The maximum absolute atomic E-state index is 5.88. The molecule has 2 heteroatoms. The minimum atomic E-state index is 0.221. The fourth-order valence-corrected chi connectivity index (χ4v) is 1.19. The second-order valence-electron chi connectivity index (χ2n) is 2.92. The van der Waals surface area contributed by atoms with Crippen molar-refractivity contribution in [2.24, 2.45) is 11.7 Å². The van der Waals surface area contributed by atoms with Gasteiger partial charge in [0.25, 0.3) is 0 Å². The van der Waals surface area contributed by atoms with Crippen LogP contribution in [0.4, 0.5) is 0 Å². The van der Waals surface area contributed by atoms with Crippen molar-refractivity contribution < 1.29 is 4.42 Å². The van der Waals surface area contributed by atoms with Crippen LogP contribution in [-0.2, 0) is 0 Å². The van der Waals surface area contributed by atoms with Crippen LogP contribution in [-0.4, -0.2) is 0 Å². The van der Waals surface area contributed by atoms with Gasteiger partial charge >= 0.3 is 0 Å². The molecule has 2 N–H and O–H groups in total. The van der Waals surface area contributed by atoms with Crippen LogP contribution in [0.1, 0.15) is 24.4 Å². The third kappa shape index (κ3) is 0.948. The zero-order valence-corrected chi connectivity index (χ0v) is 5.79. The molecule has 0 spiro atoms. The highest BCUT2D eigenvalue weighted by Gasteiger charge is 2.29. The number of nitrogens with two attached hydrogens (primary N) is 1. The Balaban J connectivity index is 2.11. The van der Waals surface area contributed by atoms with Crippen molar-refractivity contribution in [2.75, 3.05) is 0 Å². The first-order chi connectivity index (χ1) is 4.88. The van der Waals surface area contributed by atoms with Crippen molar-refractivity contribution in [1.29, 1.82) is 0 Å². The van der Waals surface area contributed by atoms with Gasteiger partial charge in [0.05, 0.1) is 12.5 Å². The highest BCUT2D eigenvalue weighted by molar-refractivity contribution is 5.13. The molecule has 1 heterocycles. The molecule has 1 fully saturated rings. The predicted octanol–water partition coefficient (Wildman–Crippen LogP) is 1.69. The van der Waals surface area contributed by atoms with Gasteiger partial charge in [-0.3, -0.25) is 0 Å². The average Bonchev–Trinajstić information content (AvgIpc) is 2.65. The van der Waals surface area contributed by atoms with Crippen molar-refractivity contribution >= 4 is 0 Å². The molecule has 0 radical (unpaired) electrons. The van der Waals surface area contributed by atoms with Gasteiger partial charge < -0.3 is 10.2 Å². The lowest BCUT2D eigenvalue weighted by Crippen LogP contribution is -2.10. The summed E-state index contributed by atoms with van der Waals surface area (Å²) in [7, 11) is 0. The molecular weight excluding hydrogens is 126 g/mol. The van der Waals surface area contributed by atoms with E-state index in [2.05, 4.69) is 0 Å². The summed E-state index contributed by atoms with van der Waals surface area (Å²) in [5.41, 5.74) is 7.03. The number of furan rings is 1. The molecule has 1 aromatic heterocycles. The summed E-state index contributed by atoms with van der Waals surface area (Å²) >= 11 is 0. The SMILES string of the molecule is N[C@@H](c1ccoc1)C1CC1. The molecule has 0 aliphatic heterocycles. The van der Waals surface area contributed by atoms with Crippen molar-refractivity contribution in [2.45, 2.75) is 18.9 Å². The molecule has 1 atom stereocenters. The highest BCUT2D eigenvalue weighted by Crippen LogP contribution is 2.39. The lowest BCUT2D eigenvalue weighted by molar-refractivity contribution is 0.551. The van der Waals surface area contributed by atoms with Gasteiger partial charge in [0.2, 0.25) is 0 Å². The van der Waals surface area contributed by atoms with E-state index in [0.29, 0.717) is 0 Å². The average molecular weight is 137 g/mol. The van der Waals surface area contributed by atoms with Crippen LogP contribution in [0.15, 0.2) is 23.0 Å². The molecule has 1 aromatic rings. The van der Waals surface area contributed by atoms with Crippen molar-refractivity contribution in [1.82, 2.24) is 0 Å². The second-order valence-corrected chi connectivity index (χ2v) is 2.92. The number of hydrogen-bond acceptors (Lipinski definition) is 2. The molecule has 2 nitrogen and oxygen atoms in total. The molecule has 1 aliphatic rings. The van der Waals surface area contributed by atoms with Gasteiger partial charge in [0, 0.05) is 11.6 Å². The minimum Gasteiger partial charge on any atom is -0.472 e. The van der Waals surface area contributed by atoms with Crippen molar-refractivity contribution in [3.8, 4) is 0 Å². The molecule has 54 valence electrons. The van der Waals surface area contributed by atoms with Gasteiger partial charge in [0.1, 0.15) is 0 Å². The lowest BCUT2D eigenvalue weighted by atomic mass is 10.1. The van der Waals surface area contributed by atoms with Gasteiger partial charge in [-0.05, 0) is 24.8 Å². The Morgan fingerprint density at radius 1 is 1.60 bits per heavy atom. The van der Waals surface area contributed by atoms with E-state index >= 15 is 0 Å². The zero-order valence-electron chi connectivity index (χ0n) is 5.79. The second kappa shape index (κ2) is 2.13.